The molecular weight excluding hydrogens is 453 g/mol. The van der Waals surface area contributed by atoms with E-state index >= 15 is 0 Å². The summed E-state index contributed by atoms with van der Waals surface area (Å²) in [6.45, 7) is 1.72. The molecule has 3 N–H and O–H groups in total. The van der Waals surface area contributed by atoms with Gasteiger partial charge in [0.1, 0.15) is 11.9 Å². The topological polar surface area (TPSA) is 96.2 Å². The highest BCUT2D eigenvalue weighted by atomic mass is 79.9. The maximum atomic E-state index is 13.7. The van der Waals surface area contributed by atoms with Crippen molar-refractivity contribution in [3.63, 3.8) is 0 Å². The van der Waals surface area contributed by atoms with Gasteiger partial charge in [-0.05, 0) is 40.2 Å². The van der Waals surface area contributed by atoms with Crippen LogP contribution < -0.4 is 16.0 Å². The normalized spacial score (nSPS) is 17.1. The molecule has 2 aromatic heterocycles. The van der Waals surface area contributed by atoms with Crippen LogP contribution >= 0.6 is 15.9 Å². The predicted molar refractivity (Wildman–Crippen MR) is 115 cm³/mol. The molecule has 1 aliphatic rings. The SMILES string of the molecule is O=C1NCCNC[C@H]1Nc1nc2c(Br)cccc2c2nc(-c3cccc(F)c3)nn12. The first kappa shape index (κ1) is 18.9. The molecule has 30 heavy (non-hydrogen) atoms. The molecule has 1 fully saturated rings. The molecule has 0 spiro atoms. The van der Waals surface area contributed by atoms with Crippen LogP contribution in [0, 0.1) is 5.82 Å². The molecule has 0 aliphatic carbocycles. The van der Waals surface area contributed by atoms with Crippen LogP contribution in [0.1, 0.15) is 0 Å². The Labute approximate surface area is 179 Å². The van der Waals surface area contributed by atoms with E-state index in [9.17, 15) is 9.18 Å². The summed E-state index contributed by atoms with van der Waals surface area (Å²) >= 11 is 3.54. The Kier molecular flexibility index (Phi) is 4.80. The van der Waals surface area contributed by atoms with Crippen molar-refractivity contribution in [3.8, 4) is 11.4 Å². The molecule has 0 saturated carbocycles. The third kappa shape index (κ3) is 3.37. The van der Waals surface area contributed by atoms with Gasteiger partial charge in [0.05, 0.1) is 5.52 Å². The molecule has 2 aromatic carbocycles. The summed E-state index contributed by atoms with van der Waals surface area (Å²) in [5.74, 6) is 0.267. The molecule has 1 amide bonds. The Bertz CT molecular complexity index is 1270. The van der Waals surface area contributed by atoms with Crippen LogP contribution in [0.4, 0.5) is 10.3 Å². The first-order chi connectivity index (χ1) is 14.6. The molecule has 1 saturated heterocycles. The zero-order valence-corrected chi connectivity index (χ0v) is 17.3. The first-order valence-electron chi connectivity index (χ1n) is 9.46. The molecule has 5 rings (SSSR count). The quantitative estimate of drug-likeness (QED) is 0.426. The molecule has 3 heterocycles. The number of rotatable bonds is 3. The molecule has 10 heteroatoms. The Morgan fingerprint density at radius 1 is 1.17 bits per heavy atom. The van der Waals surface area contributed by atoms with Crippen LogP contribution in [0.15, 0.2) is 46.9 Å². The van der Waals surface area contributed by atoms with Gasteiger partial charge in [0.2, 0.25) is 11.9 Å². The number of nitrogens with one attached hydrogen (secondary N) is 3. The van der Waals surface area contributed by atoms with Gasteiger partial charge < -0.3 is 16.0 Å². The molecule has 1 atom stereocenters. The fourth-order valence-electron chi connectivity index (χ4n) is 3.45. The highest BCUT2D eigenvalue weighted by molar-refractivity contribution is 9.10. The van der Waals surface area contributed by atoms with Gasteiger partial charge in [-0.3, -0.25) is 4.79 Å². The van der Waals surface area contributed by atoms with Gasteiger partial charge in [-0.1, -0.05) is 18.2 Å². The lowest BCUT2D eigenvalue weighted by Crippen LogP contribution is -2.42. The van der Waals surface area contributed by atoms with E-state index in [1.54, 1.807) is 16.6 Å². The summed E-state index contributed by atoms with van der Waals surface area (Å²) in [4.78, 5) is 21.8. The molecule has 0 unspecified atom stereocenters. The van der Waals surface area contributed by atoms with Gasteiger partial charge in [0.25, 0.3) is 0 Å². The average molecular weight is 470 g/mol. The molecular formula is C20H17BrFN7O. The molecule has 0 bridgehead atoms. The molecule has 152 valence electrons. The van der Waals surface area contributed by atoms with Crippen LogP contribution in [0.2, 0.25) is 0 Å². The second-order valence-electron chi connectivity index (χ2n) is 6.94. The monoisotopic (exact) mass is 469 g/mol. The highest BCUT2D eigenvalue weighted by Crippen LogP contribution is 2.29. The van der Waals surface area contributed by atoms with E-state index in [1.807, 2.05) is 18.2 Å². The number of hydrogen-bond donors (Lipinski definition) is 3. The van der Waals surface area contributed by atoms with E-state index in [1.165, 1.54) is 12.1 Å². The van der Waals surface area contributed by atoms with E-state index in [0.29, 0.717) is 48.1 Å². The summed E-state index contributed by atoms with van der Waals surface area (Å²) in [7, 11) is 0. The second kappa shape index (κ2) is 7.62. The number of anilines is 1. The van der Waals surface area contributed by atoms with Crippen LogP contribution in [0.25, 0.3) is 27.9 Å². The van der Waals surface area contributed by atoms with Crippen molar-refractivity contribution < 1.29 is 9.18 Å². The van der Waals surface area contributed by atoms with Crippen LogP contribution in [-0.2, 0) is 4.79 Å². The van der Waals surface area contributed by atoms with Crippen molar-refractivity contribution in [3.05, 3.63) is 52.8 Å². The number of fused-ring (bicyclic) bond motifs is 3. The summed E-state index contributed by atoms with van der Waals surface area (Å²) < 4.78 is 16.1. The van der Waals surface area contributed by atoms with Gasteiger partial charge in [0.15, 0.2) is 11.5 Å². The van der Waals surface area contributed by atoms with Crippen LogP contribution in [0.3, 0.4) is 0 Å². The zero-order valence-electron chi connectivity index (χ0n) is 15.7. The van der Waals surface area contributed by atoms with E-state index < -0.39 is 6.04 Å². The number of carbonyl (C=O) groups is 1. The predicted octanol–water partition coefficient (Wildman–Crippen LogP) is 2.35. The summed E-state index contributed by atoms with van der Waals surface area (Å²) in [6, 6.07) is 11.3. The molecule has 1 aliphatic heterocycles. The van der Waals surface area contributed by atoms with Crippen molar-refractivity contribution in [1.29, 1.82) is 0 Å². The largest absolute Gasteiger partial charge is 0.353 e. The Morgan fingerprint density at radius 3 is 2.90 bits per heavy atom. The Balaban J connectivity index is 1.69. The van der Waals surface area contributed by atoms with Crippen molar-refractivity contribution >= 4 is 44.3 Å². The number of amides is 1. The van der Waals surface area contributed by atoms with E-state index in [4.69, 9.17) is 4.98 Å². The van der Waals surface area contributed by atoms with Crippen LogP contribution in [-0.4, -0.2) is 51.2 Å². The van der Waals surface area contributed by atoms with Gasteiger partial charge in [-0.15, -0.1) is 5.10 Å². The average Bonchev–Trinajstić information content (AvgIpc) is 3.09. The lowest BCUT2D eigenvalue weighted by Gasteiger charge is -2.17. The number of aromatic nitrogens is 4. The summed E-state index contributed by atoms with van der Waals surface area (Å²) in [5, 5.41) is 14.6. The number of hydrogen-bond acceptors (Lipinski definition) is 6. The number of halogens is 2. The van der Waals surface area contributed by atoms with Gasteiger partial charge >= 0.3 is 0 Å². The van der Waals surface area contributed by atoms with Gasteiger partial charge in [0, 0.05) is 35.1 Å². The Morgan fingerprint density at radius 2 is 2.03 bits per heavy atom. The summed E-state index contributed by atoms with van der Waals surface area (Å²) in [5.41, 5.74) is 1.81. The minimum Gasteiger partial charge on any atom is -0.353 e. The summed E-state index contributed by atoms with van der Waals surface area (Å²) in [6.07, 6.45) is 0. The maximum absolute atomic E-state index is 13.7. The third-order valence-electron chi connectivity index (χ3n) is 4.91. The van der Waals surface area contributed by atoms with Crippen molar-refractivity contribution in [2.75, 3.05) is 25.0 Å². The fraction of sp³-hybridized carbons (Fsp3) is 0.200. The van der Waals surface area contributed by atoms with E-state index in [2.05, 4.69) is 42.0 Å². The van der Waals surface area contributed by atoms with E-state index in [-0.39, 0.29) is 11.7 Å². The standard InChI is InChI=1S/C20H17BrFN7O/c21-14-6-2-5-13-16(14)26-20(25-15-10-23-7-8-24-19(15)30)29-18(13)27-17(28-29)11-3-1-4-12(22)9-11/h1-6,9,15,23H,7-8,10H2,(H,24,30)(H,25,26)/t15-/m1/s1. The number of para-hydroxylation sites is 1. The van der Waals surface area contributed by atoms with Crippen molar-refractivity contribution in [2.24, 2.45) is 0 Å². The maximum Gasteiger partial charge on any atom is 0.243 e. The van der Waals surface area contributed by atoms with Gasteiger partial charge in [-0.2, -0.15) is 4.52 Å². The smallest absolute Gasteiger partial charge is 0.243 e. The van der Waals surface area contributed by atoms with E-state index in [0.717, 1.165) is 9.86 Å². The van der Waals surface area contributed by atoms with Crippen molar-refractivity contribution in [1.82, 2.24) is 30.2 Å². The minimum atomic E-state index is -0.523. The lowest BCUT2D eigenvalue weighted by molar-refractivity contribution is -0.121. The zero-order chi connectivity index (χ0) is 20.7. The number of nitrogens with zero attached hydrogens (tertiary/aromatic N) is 4. The third-order valence-corrected chi connectivity index (χ3v) is 5.55. The highest BCUT2D eigenvalue weighted by Gasteiger charge is 2.23. The molecule has 0 radical (unpaired) electrons. The van der Waals surface area contributed by atoms with Crippen LogP contribution in [0.5, 0.6) is 0 Å². The minimum absolute atomic E-state index is 0.118. The Hall–Kier alpha value is -3.11. The number of benzene rings is 2. The lowest BCUT2D eigenvalue weighted by atomic mass is 10.2. The second-order valence-corrected chi connectivity index (χ2v) is 7.80. The van der Waals surface area contributed by atoms with Gasteiger partial charge in [-0.25, -0.2) is 14.4 Å². The molecule has 4 aromatic rings. The first-order valence-corrected chi connectivity index (χ1v) is 10.3. The fourth-order valence-corrected chi connectivity index (χ4v) is 3.90. The number of carbonyl (C=O) groups excluding carboxylic acids is 1. The van der Waals surface area contributed by atoms with Crippen molar-refractivity contribution in [2.45, 2.75) is 6.04 Å². The molecule has 8 nitrogen and oxygen atoms in total.